The lowest BCUT2D eigenvalue weighted by Gasteiger charge is -2.29. The van der Waals surface area contributed by atoms with Crippen molar-refractivity contribution in [2.75, 3.05) is 11.9 Å². The van der Waals surface area contributed by atoms with Crippen molar-refractivity contribution in [3.63, 3.8) is 0 Å². The standard InChI is InChI=1S/C12H15FN2O3/c1-8-12(2,5-6-18-8)14-10-4-3-9(13)7-11(10)15(16)17/h3-4,7-8,14H,5-6H2,1-2H3. The Labute approximate surface area is 104 Å². The predicted molar refractivity (Wildman–Crippen MR) is 65.1 cm³/mol. The number of rotatable bonds is 3. The number of nitro benzene ring substituents is 1. The van der Waals surface area contributed by atoms with Gasteiger partial charge in [0.25, 0.3) is 5.69 Å². The summed E-state index contributed by atoms with van der Waals surface area (Å²) in [6, 6.07) is 3.52. The van der Waals surface area contributed by atoms with Crippen LogP contribution in [-0.4, -0.2) is 23.2 Å². The molecule has 1 aliphatic rings. The highest BCUT2D eigenvalue weighted by atomic mass is 19.1. The van der Waals surface area contributed by atoms with Gasteiger partial charge in [-0.15, -0.1) is 0 Å². The molecule has 0 radical (unpaired) electrons. The Hall–Kier alpha value is -1.69. The van der Waals surface area contributed by atoms with E-state index in [0.29, 0.717) is 12.3 Å². The fourth-order valence-electron chi connectivity index (χ4n) is 2.07. The third kappa shape index (κ3) is 2.28. The molecule has 0 aliphatic carbocycles. The molecule has 0 aromatic heterocycles. The zero-order chi connectivity index (χ0) is 13.3. The first-order valence-electron chi connectivity index (χ1n) is 5.76. The van der Waals surface area contributed by atoms with E-state index in [-0.39, 0.29) is 17.3 Å². The van der Waals surface area contributed by atoms with Gasteiger partial charge in [0.2, 0.25) is 0 Å². The average Bonchev–Trinajstić information content (AvgIpc) is 2.61. The molecule has 1 fully saturated rings. The summed E-state index contributed by atoms with van der Waals surface area (Å²) in [4.78, 5) is 10.3. The van der Waals surface area contributed by atoms with E-state index >= 15 is 0 Å². The van der Waals surface area contributed by atoms with Crippen molar-refractivity contribution in [2.24, 2.45) is 0 Å². The van der Waals surface area contributed by atoms with Crippen LogP contribution in [0, 0.1) is 15.9 Å². The number of anilines is 1. The quantitative estimate of drug-likeness (QED) is 0.665. The summed E-state index contributed by atoms with van der Waals surface area (Å²) in [5.74, 6) is -0.617. The molecule has 2 rings (SSSR count). The number of nitro groups is 1. The van der Waals surface area contributed by atoms with Gasteiger partial charge in [-0.1, -0.05) is 0 Å². The number of hydrogen-bond acceptors (Lipinski definition) is 4. The van der Waals surface area contributed by atoms with E-state index in [0.717, 1.165) is 12.5 Å². The van der Waals surface area contributed by atoms with Gasteiger partial charge in [-0.25, -0.2) is 4.39 Å². The van der Waals surface area contributed by atoms with E-state index in [2.05, 4.69) is 5.32 Å². The Kier molecular flexibility index (Phi) is 3.21. The average molecular weight is 254 g/mol. The second kappa shape index (κ2) is 4.53. The first-order valence-corrected chi connectivity index (χ1v) is 5.76. The van der Waals surface area contributed by atoms with Crippen LogP contribution in [-0.2, 0) is 4.74 Å². The molecule has 1 N–H and O–H groups in total. The van der Waals surface area contributed by atoms with Crippen molar-refractivity contribution in [1.82, 2.24) is 0 Å². The molecule has 98 valence electrons. The highest BCUT2D eigenvalue weighted by molar-refractivity contribution is 5.62. The summed E-state index contributed by atoms with van der Waals surface area (Å²) >= 11 is 0. The molecular weight excluding hydrogens is 239 g/mol. The van der Waals surface area contributed by atoms with E-state index in [1.165, 1.54) is 12.1 Å². The molecule has 2 atom stereocenters. The van der Waals surface area contributed by atoms with Crippen LogP contribution < -0.4 is 5.32 Å². The Morgan fingerprint density at radius 3 is 2.89 bits per heavy atom. The van der Waals surface area contributed by atoms with Crippen molar-refractivity contribution in [3.8, 4) is 0 Å². The van der Waals surface area contributed by atoms with Gasteiger partial charge < -0.3 is 10.1 Å². The molecule has 2 unspecified atom stereocenters. The lowest BCUT2D eigenvalue weighted by Crippen LogP contribution is -2.41. The van der Waals surface area contributed by atoms with Crippen molar-refractivity contribution in [1.29, 1.82) is 0 Å². The normalized spacial score (nSPS) is 27.2. The third-order valence-electron chi connectivity index (χ3n) is 3.46. The van der Waals surface area contributed by atoms with Gasteiger partial charge in [-0.2, -0.15) is 0 Å². The predicted octanol–water partition coefficient (Wildman–Crippen LogP) is 2.71. The first kappa shape index (κ1) is 12.8. The zero-order valence-corrected chi connectivity index (χ0v) is 10.3. The molecule has 1 heterocycles. The Balaban J connectivity index is 2.31. The number of ether oxygens (including phenoxy) is 1. The topological polar surface area (TPSA) is 64.4 Å². The minimum absolute atomic E-state index is 0.0536. The van der Waals surface area contributed by atoms with Crippen LogP contribution in [0.1, 0.15) is 20.3 Å². The monoisotopic (exact) mass is 254 g/mol. The maximum Gasteiger partial charge on any atom is 0.295 e. The van der Waals surface area contributed by atoms with Crippen LogP contribution in [0.3, 0.4) is 0 Å². The van der Waals surface area contributed by atoms with E-state index < -0.39 is 10.7 Å². The molecule has 0 amide bonds. The van der Waals surface area contributed by atoms with Gasteiger partial charge >= 0.3 is 0 Å². The Morgan fingerprint density at radius 2 is 2.33 bits per heavy atom. The SMILES string of the molecule is CC1OCCC1(C)Nc1ccc(F)cc1[N+](=O)[O-]. The third-order valence-corrected chi connectivity index (χ3v) is 3.46. The smallest absolute Gasteiger partial charge is 0.295 e. The zero-order valence-electron chi connectivity index (χ0n) is 10.3. The highest BCUT2D eigenvalue weighted by Gasteiger charge is 2.38. The Morgan fingerprint density at radius 1 is 1.61 bits per heavy atom. The van der Waals surface area contributed by atoms with Gasteiger partial charge in [0.05, 0.1) is 22.6 Å². The largest absolute Gasteiger partial charge is 0.376 e. The molecule has 0 spiro atoms. The lowest BCUT2D eigenvalue weighted by molar-refractivity contribution is -0.384. The van der Waals surface area contributed by atoms with Crippen molar-refractivity contribution in [2.45, 2.75) is 31.9 Å². The molecule has 1 aromatic carbocycles. The van der Waals surface area contributed by atoms with Crippen LogP contribution in [0.15, 0.2) is 18.2 Å². The summed E-state index contributed by atoms with van der Waals surface area (Å²) < 4.78 is 18.5. The van der Waals surface area contributed by atoms with Crippen molar-refractivity contribution < 1.29 is 14.1 Å². The van der Waals surface area contributed by atoms with Gasteiger partial charge in [-0.3, -0.25) is 10.1 Å². The molecule has 1 aromatic rings. The molecule has 0 bridgehead atoms. The number of benzene rings is 1. The van der Waals surface area contributed by atoms with Gasteiger partial charge in [-0.05, 0) is 32.4 Å². The maximum absolute atomic E-state index is 13.0. The lowest BCUT2D eigenvalue weighted by atomic mass is 9.94. The van der Waals surface area contributed by atoms with E-state index in [4.69, 9.17) is 4.74 Å². The van der Waals surface area contributed by atoms with Crippen LogP contribution in [0.4, 0.5) is 15.8 Å². The molecule has 1 aliphatic heterocycles. The number of nitrogens with zero attached hydrogens (tertiary/aromatic N) is 1. The van der Waals surface area contributed by atoms with Gasteiger partial charge in [0.1, 0.15) is 11.5 Å². The Bertz CT molecular complexity index is 480. The highest BCUT2D eigenvalue weighted by Crippen LogP contribution is 2.33. The number of nitrogens with one attached hydrogen (secondary N) is 1. The number of halogens is 1. The summed E-state index contributed by atoms with van der Waals surface area (Å²) in [7, 11) is 0. The molecule has 1 saturated heterocycles. The first-order chi connectivity index (χ1) is 8.42. The van der Waals surface area contributed by atoms with Crippen molar-refractivity contribution >= 4 is 11.4 Å². The van der Waals surface area contributed by atoms with Crippen LogP contribution in [0.5, 0.6) is 0 Å². The fourth-order valence-corrected chi connectivity index (χ4v) is 2.07. The van der Waals surface area contributed by atoms with E-state index in [1.807, 2.05) is 13.8 Å². The van der Waals surface area contributed by atoms with E-state index in [9.17, 15) is 14.5 Å². The fraction of sp³-hybridized carbons (Fsp3) is 0.500. The second-order valence-electron chi connectivity index (χ2n) is 4.72. The van der Waals surface area contributed by atoms with Gasteiger partial charge in [0.15, 0.2) is 0 Å². The van der Waals surface area contributed by atoms with E-state index in [1.54, 1.807) is 0 Å². The summed E-state index contributed by atoms with van der Waals surface area (Å²) in [6.45, 7) is 4.47. The molecule has 0 saturated carbocycles. The molecule has 5 nitrogen and oxygen atoms in total. The summed E-state index contributed by atoms with van der Waals surface area (Å²) in [5, 5.41) is 14.0. The molecular formula is C12H15FN2O3. The maximum atomic E-state index is 13.0. The van der Waals surface area contributed by atoms with Crippen LogP contribution >= 0.6 is 0 Å². The minimum atomic E-state index is -0.617. The summed E-state index contributed by atoms with van der Waals surface area (Å²) in [5.41, 5.74) is -0.306. The van der Waals surface area contributed by atoms with Crippen LogP contribution in [0.25, 0.3) is 0 Å². The van der Waals surface area contributed by atoms with Crippen molar-refractivity contribution in [3.05, 3.63) is 34.1 Å². The summed E-state index contributed by atoms with van der Waals surface area (Å²) in [6.07, 6.45) is 0.699. The minimum Gasteiger partial charge on any atom is -0.376 e. The molecule has 18 heavy (non-hydrogen) atoms. The van der Waals surface area contributed by atoms with Gasteiger partial charge in [0, 0.05) is 6.61 Å². The number of hydrogen-bond donors (Lipinski definition) is 1. The molecule has 6 heteroatoms. The second-order valence-corrected chi connectivity index (χ2v) is 4.72. The van der Waals surface area contributed by atoms with Crippen LogP contribution in [0.2, 0.25) is 0 Å².